The molecule has 0 heterocycles. The molecule has 1 N–H and O–H groups in total. The fourth-order valence-corrected chi connectivity index (χ4v) is 1.57. The van der Waals surface area contributed by atoms with Crippen molar-refractivity contribution < 1.29 is 0 Å². The van der Waals surface area contributed by atoms with Gasteiger partial charge in [0.2, 0.25) is 0 Å². The molecule has 0 rings (SSSR count). The predicted octanol–water partition coefficient (Wildman–Crippen LogP) is 3.45. The van der Waals surface area contributed by atoms with Crippen molar-refractivity contribution in [2.45, 2.75) is 53.9 Å². The van der Waals surface area contributed by atoms with E-state index in [1.54, 1.807) is 0 Å². The maximum absolute atomic E-state index is 3.48. The number of nitrogens with one attached hydrogen (secondary N) is 1. The average Bonchev–Trinajstić information content (AvgIpc) is 2.11. The van der Waals surface area contributed by atoms with Crippen LogP contribution in [0.25, 0.3) is 0 Å². The van der Waals surface area contributed by atoms with Crippen molar-refractivity contribution in [2.75, 3.05) is 13.1 Å². The van der Waals surface area contributed by atoms with E-state index in [9.17, 15) is 0 Å². The molecule has 0 aromatic rings. The highest BCUT2D eigenvalue weighted by molar-refractivity contribution is 4.79. The van der Waals surface area contributed by atoms with Gasteiger partial charge in [-0.05, 0) is 24.3 Å². The molecule has 0 aliphatic rings. The molecule has 1 atom stereocenters. The number of hydrogen-bond donors (Lipinski definition) is 1. The van der Waals surface area contributed by atoms with Crippen molar-refractivity contribution in [3.63, 3.8) is 0 Å². The Morgan fingerprint density at radius 1 is 1.23 bits per heavy atom. The third-order valence-corrected chi connectivity index (χ3v) is 3.27. The van der Waals surface area contributed by atoms with Crippen LogP contribution in [0.15, 0.2) is 0 Å². The van der Waals surface area contributed by atoms with E-state index in [1.165, 1.54) is 25.8 Å². The summed E-state index contributed by atoms with van der Waals surface area (Å²) in [6.07, 6.45) is 4.03. The second kappa shape index (κ2) is 6.42. The zero-order valence-electron chi connectivity index (χ0n) is 10.1. The van der Waals surface area contributed by atoms with Crippen molar-refractivity contribution >= 4 is 0 Å². The van der Waals surface area contributed by atoms with Crippen LogP contribution in [0, 0.1) is 11.3 Å². The van der Waals surface area contributed by atoms with Gasteiger partial charge in [-0.15, -0.1) is 0 Å². The summed E-state index contributed by atoms with van der Waals surface area (Å²) < 4.78 is 0. The van der Waals surface area contributed by atoms with Crippen LogP contribution >= 0.6 is 0 Å². The van der Waals surface area contributed by atoms with Gasteiger partial charge in [0.15, 0.2) is 0 Å². The molecule has 0 aliphatic carbocycles. The van der Waals surface area contributed by atoms with E-state index in [2.05, 4.69) is 39.9 Å². The highest BCUT2D eigenvalue weighted by atomic mass is 14.9. The first kappa shape index (κ1) is 13.0. The minimum atomic E-state index is 0.492. The lowest BCUT2D eigenvalue weighted by Crippen LogP contribution is -2.36. The molecule has 1 heteroatoms. The average molecular weight is 185 g/mol. The van der Waals surface area contributed by atoms with Crippen molar-refractivity contribution in [1.29, 1.82) is 0 Å². The fourth-order valence-electron chi connectivity index (χ4n) is 1.57. The topological polar surface area (TPSA) is 12.0 Å². The van der Waals surface area contributed by atoms with Crippen LogP contribution in [-0.2, 0) is 0 Å². The molecular weight excluding hydrogens is 158 g/mol. The third kappa shape index (κ3) is 4.66. The highest BCUT2D eigenvalue weighted by Crippen LogP contribution is 2.31. The van der Waals surface area contributed by atoms with Gasteiger partial charge >= 0.3 is 0 Å². The summed E-state index contributed by atoms with van der Waals surface area (Å²) in [5.41, 5.74) is 0.492. The Labute approximate surface area is 84.3 Å². The lowest BCUT2D eigenvalue weighted by Gasteiger charge is -2.34. The Bertz CT molecular complexity index is 110. The van der Waals surface area contributed by atoms with Gasteiger partial charge < -0.3 is 5.32 Å². The largest absolute Gasteiger partial charge is 0.316 e. The van der Waals surface area contributed by atoms with E-state index in [4.69, 9.17) is 0 Å². The molecule has 0 aromatic carbocycles. The normalized spacial score (nSPS) is 16.2. The van der Waals surface area contributed by atoms with Gasteiger partial charge in [0.1, 0.15) is 0 Å². The minimum Gasteiger partial charge on any atom is -0.316 e. The molecule has 0 spiro atoms. The van der Waals surface area contributed by atoms with Crippen molar-refractivity contribution in [1.82, 2.24) is 5.32 Å². The molecule has 1 unspecified atom stereocenters. The van der Waals surface area contributed by atoms with E-state index >= 15 is 0 Å². The van der Waals surface area contributed by atoms with Gasteiger partial charge in [0.05, 0.1) is 0 Å². The van der Waals surface area contributed by atoms with E-state index in [1.807, 2.05) is 0 Å². The summed E-state index contributed by atoms with van der Waals surface area (Å²) in [6.45, 7) is 13.8. The van der Waals surface area contributed by atoms with E-state index in [-0.39, 0.29) is 0 Å². The van der Waals surface area contributed by atoms with Crippen LogP contribution < -0.4 is 5.32 Å². The first-order valence-electron chi connectivity index (χ1n) is 5.77. The number of rotatable bonds is 7. The number of hydrogen-bond acceptors (Lipinski definition) is 1. The van der Waals surface area contributed by atoms with Gasteiger partial charge in [-0.1, -0.05) is 47.5 Å². The molecule has 1 nitrogen and oxygen atoms in total. The van der Waals surface area contributed by atoms with Gasteiger partial charge in [-0.3, -0.25) is 0 Å². The maximum atomic E-state index is 3.48. The molecule has 13 heavy (non-hydrogen) atoms. The molecule has 0 aliphatic heterocycles. The van der Waals surface area contributed by atoms with Gasteiger partial charge in [0.25, 0.3) is 0 Å². The second-order valence-corrected chi connectivity index (χ2v) is 4.69. The summed E-state index contributed by atoms with van der Waals surface area (Å²) in [5, 5.41) is 3.48. The van der Waals surface area contributed by atoms with Crippen LogP contribution in [-0.4, -0.2) is 13.1 Å². The lowest BCUT2D eigenvalue weighted by molar-refractivity contribution is 0.187. The molecule has 80 valence electrons. The standard InChI is InChI=1S/C12H27N/c1-6-8-9-12(5,11(3)4)10-13-7-2/h11,13H,6-10H2,1-5H3. The Morgan fingerprint density at radius 2 is 1.85 bits per heavy atom. The summed E-state index contributed by atoms with van der Waals surface area (Å²) in [7, 11) is 0. The van der Waals surface area contributed by atoms with E-state index in [0.29, 0.717) is 5.41 Å². The van der Waals surface area contributed by atoms with Crippen LogP contribution in [0.2, 0.25) is 0 Å². The molecule has 0 bridgehead atoms. The SMILES string of the molecule is CCCCC(C)(CNCC)C(C)C. The predicted molar refractivity (Wildman–Crippen MR) is 61.0 cm³/mol. The minimum absolute atomic E-state index is 0.492. The van der Waals surface area contributed by atoms with Crippen LogP contribution in [0.5, 0.6) is 0 Å². The van der Waals surface area contributed by atoms with Crippen LogP contribution in [0.3, 0.4) is 0 Å². The third-order valence-electron chi connectivity index (χ3n) is 3.27. The highest BCUT2D eigenvalue weighted by Gasteiger charge is 2.26. The summed E-state index contributed by atoms with van der Waals surface area (Å²) in [5.74, 6) is 0.776. The molecule has 0 fully saturated rings. The van der Waals surface area contributed by atoms with Crippen LogP contribution in [0.1, 0.15) is 53.9 Å². The Balaban J connectivity index is 4.00. The zero-order valence-corrected chi connectivity index (χ0v) is 10.1. The lowest BCUT2D eigenvalue weighted by atomic mass is 9.75. The van der Waals surface area contributed by atoms with Crippen molar-refractivity contribution in [3.8, 4) is 0 Å². The van der Waals surface area contributed by atoms with E-state index in [0.717, 1.165) is 12.5 Å². The van der Waals surface area contributed by atoms with Crippen LogP contribution in [0.4, 0.5) is 0 Å². The zero-order chi connectivity index (χ0) is 10.3. The molecule has 0 amide bonds. The molecule has 0 saturated carbocycles. The molecular formula is C12H27N. The number of unbranched alkanes of at least 4 members (excludes halogenated alkanes) is 1. The summed E-state index contributed by atoms with van der Waals surface area (Å²) >= 11 is 0. The molecule has 0 saturated heterocycles. The Kier molecular flexibility index (Phi) is 6.40. The Hall–Kier alpha value is -0.0400. The Morgan fingerprint density at radius 3 is 2.23 bits per heavy atom. The van der Waals surface area contributed by atoms with Gasteiger partial charge in [0, 0.05) is 6.54 Å². The van der Waals surface area contributed by atoms with E-state index < -0.39 is 0 Å². The van der Waals surface area contributed by atoms with Crippen molar-refractivity contribution in [3.05, 3.63) is 0 Å². The first-order valence-corrected chi connectivity index (χ1v) is 5.77. The first-order chi connectivity index (χ1) is 6.06. The molecule has 0 aromatic heterocycles. The quantitative estimate of drug-likeness (QED) is 0.640. The second-order valence-electron chi connectivity index (χ2n) is 4.69. The monoisotopic (exact) mass is 185 g/mol. The van der Waals surface area contributed by atoms with Gasteiger partial charge in [-0.2, -0.15) is 0 Å². The summed E-state index contributed by atoms with van der Waals surface area (Å²) in [6, 6.07) is 0. The van der Waals surface area contributed by atoms with Gasteiger partial charge in [-0.25, -0.2) is 0 Å². The fraction of sp³-hybridized carbons (Fsp3) is 1.00. The molecule has 0 radical (unpaired) electrons. The summed E-state index contributed by atoms with van der Waals surface area (Å²) in [4.78, 5) is 0. The smallest absolute Gasteiger partial charge is 0.000749 e. The van der Waals surface area contributed by atoms with Crippen molar-refractivity contribution in [2.24, 2.45) is 11.3 Å². The maximum Gasteiger partial charge on any atom is 0.000749 e.